The lowest BCUT2D eigenvalue weighted by molar-refractivity contribution is -0.150. The van der Waals surface area contributed by atoms with E-state index >= 15 is 0 Å². The summed E-state index contributed by atoms with van der Waals surface area (Å²) < 4.78 is 5.11. The molecule has 3 heteroatoms. The van der Waals surface area contributed by atoms with Gasteiger partial charge in [-0.3, -0.25) is 4.79 Å². The van der Waals surface area contributed by atoms with E-state index in [1.807, 2.05) is 6.92 Å². The van der Waals surface area contributed by atoms with Crippen molar-refractivity contribution in [2.75, 3.05) is 6.61 Å². The molecule has 1 aliphatic carbocycles. The van der Waals surface area contributed by atoms with Crippen LogP contribution in [0, 0.1) is 5.92 Å². The molecule has 0 saturated heterocycles. The van der Waals surface area contributed by atoms with Gasteiger partial charge in [-0.2, -0.15) is 0 Å². The molecule has 1 rings (SSSR count). The molecular formula is C12H23NO2. The minimum absolute atomic E-state index is 0.0182. The van der Waals surface area contributed by atoms with Crippen LogP contribution >= 0.6 is 0 Å². The monoisotopic (exact) mass is 213 g/mol. The molecule has 0 radical (unpaired) electrons. The van der Waals surface area contributed by atoms with Gasteiger partial charge in [0, 0.05) is 12.1 Å². The summed E-state index contributed by atoms with van der Waals surface area (Å²) in [4.78, 5) is 11.7. The average molecular weight is 213 g/mol. The highest BCUT2D eigenvalue weighted by atomic mass is 16.5. The van der Waals surface area contributed by atoms with Crippen LogP contribution in [0.25, 0.3) is 0 Å². The zero-order chi connectivity index (χ0) is 11.3. The fraction of sp³-hybridized carbons (Fsp3) is 0.917. The molecule has 3 nitrogen and oxygen atoms in total. The smallest absolute Gasteiger partial charge is 0.310 e. The number of esters is 1. The van der Waals surface area contributed by atoms with Gasteiger partial charge in [-0.15, -0.1) is 0 Å². The number of carbonyl (C=O) groups is 1. The number of rotatable bonds is 4. The first-order valence-electron chi connectivity index (χ1n) is 6.07. The van der Waals surface area contributed by atoms with Crippen LogP contribution in [0.3, 0.4) is 0 Å². The number of carbonyl (C=O) groups excluding carboxylic acids is 1. The van der Waals surface area contributed by atoms with Crippen LogP contribution in [-0.4, -0.2) is 24.7 Å². The van der Waals surface area contributed by atoms with Gasteiger partial charge >= 0.3 is 5.97 Å². The molecule has 0 aliphatic heterocycles. The Balaban J connectivity index is 2.52. The lowest BCUT2D eigenvalue weighted by Gasteiger charge is -2.32. The first kappa shape index (κ1) is 12.5. The van der Waals surface area contributed by atoms with Crippen LogP contribution < -0.4 is 5.32 Å². The van der Waals surface area contributed by atoms with E-state index in [1.54, 1.807) is 0 Å². The van der Waals surface area contributed by atoms with Gasteiger partial charge in [0.2, 0.25) is 0 Å². The SMILES string of the molecule is CCOC(=O)[C@H]1CCCC[C@@H]1NC(C)C. The Labute approximate surface area is 92.6 Å². The zero-order valence-corrected chi connectivity index (χ0v) is 10.1. The molecular weight excluding hydrogens is 190 g/mol. The molecule has 15 heavy (non-hydrogen) atoms. The maximum atomic E-state index is 11.7. The summed E-state index contributed by atoms with van der Waals surface area (Å²) >= 11 is 0. The molecule has 88 valence electrons. The van der Waals surface area contributed by atoms with Gasteiger partial charge in [0.05, 0.1) is 12.5 Å². The molecule has 0 spiro atoms. The van der Waals surface area contributed by atoms with Gasteiger partial charge in [0.25, 0.3) is 0 Å². The Kier molecular flexibility index (Phi) is 5.09. The number of nitrogens with one attached hydrogen (secondary N) is 1. The molecule has 0 amide bonds. The van der Waals surface area contributed by atoms with Crippen molar-refractivity contribution in [3.8, 4) is 0 Å². The topological polar surface area (TPSA) is 38.3 Å². The standard InChI is InChI=1S/C12H23NO2/c1-4-15-12(14)10-7-5-6-8-11(10)13-9(2)3/h9-11,13H,4-8H2,1-3H3/t10-,11-/m0/s1. The molecule has 0 aromatic carbocycles. The normalized spacial score (nSPS) is 26.7. The van der Waals surface area contributed by atoms with E-state index < -0.39 is 0 Å². The highest BCUT2D eigenvalue weighted by Gasteiger charge is 2.31. The molecule has 1 N–H and O–H groups in total. The second-order valence-electron chi connectivity index (χ2n) is 4.57. The summed E-state index contributed by atoms with van der Waals surface area (Å²) in [7, 11) is 0. The third kappa shape index (κ3) is 3.82. The minimum atomic E-state index is -0.0182. The maximum Gasteiger partial charge on any atom is 0.310 e. The Morgan fingerprint density at radius 3 is 2.67 bits per heavy atom. The molecule has 0 aromatic heterocycles. The average Bonchev–Trinajstić information content (AvgIpc) is 2.18. The lowest BCUT2D eigenvalue weighted by Crippen LogP contribution is -2.45. The Morgan fingerprint density at radius 1 is 1.40 bits per heavy atom. The lowest BCUT2D eigenvalue weighted by atomic mass is 9.84. The highest BCUT2D eigenvalue weighted by Crippen LogP contribution is 2.25. The van der Waals surface area contributed by atoms with Gasteiger partial charge < -0.3 is 10.1 Å². The summed E-state index contributed by atoms with van der Waals surface area (Å²) in [6.45, 7) is 6.60. The summed E-state index contributed by atoms with van der Waals surface area (Å²) in [5.41, 5.74) is 0. The zero-order valence-electron chi connectivity index (χ0n) is 10.1. The van der Waals surface area contributed by atoms with Crippen molar-refractivity contribution in [2.24, 2.45) is 5.92 Å². The van der Waals surface area contributed by atoms with Crippen LogP contribution in [0.2, 0.25) is 0 Å². The van der Waals surface area contributed by atoms with E-state index in [-0.39, 0.29) is 11.9 Å². The fourth-order valence-corrected chi connectivity index (χ4v) is 2.29. The van der Waals surface area contributed by atoms with Gasteiger partial charge in [-0.05, 0) is 19.8 Å². The number of hydrogen-bond acceptors (Lipinski definition) is 3. The summed E-state index contributed by atoms with van der Waals surface area (Å²) in [5, 5.41) is 3.47. The van der Waals surface area contributed by atoms with Gasteiger partial charge in [-0.25, -0.2) is 0 Å². The molecule has 0 heterocycles. The van der Waals surface area contributed by atoms with Crippen molar-refractivity contribution in [1.82, 2.24) is 5.32 Å². The van der Waals surface area contributed by atoms with Crippen molar-refractivity contribution in [3.63, 3.8) is 0 Å². The summed E-state index contributed by atoms with van der Waals surface area (Å²) in [6, 6.07) is 0.753. The third-order valence-electron chi connectivity index (χ3n) is 2.90. The third-order valence-corrected chi connectivity index (χ3v) is 2.90. The van der Waals surface area contributed by atoms with Crippen molar-refractivity contribution in [3.05, 3.63) is 0 Å². The quantitative estimate of drug-likeness (QED) is 0.727. The first-order chi connectivity index (χ1) is 7.15. The van der Waals surface area contributed by atoms with Crippen molar-refractivity contribution in [2.45, 2.75) is 58.5 Å². The predicted molar refractivity (Wildman–Crippen MR) is 60.7 cm³/mol. The van der Waals surface area contributed by atoms with E-state index in [2.05, 4.69) is 19.2 Å². The number of hydrogen-bond donors (Lipinski definition) is 1. The molecule has 0 bridgehead atoms. The van der Waals surface area contributed by atoms with Crippen molar-refractivity contribution < 1.29 is 9.53 Å². The van der Waals surface area contributed by atoms with Crippen LogP contribution in [-0.2, 0) is 9.53 Å². The van der Waals surface area contributed by atoms with E-state index in [4.69, 9.17) is 4.74 Å². The van der Waals surface area contributed by atoms with E-state index in [9.17, 15) is 4.79 Å². The molecule has 1 fully saturated rings. The van der Waals surface area contributed by atoms with Crippen molar-refractivity contribution >= 4 is 5.97 Å². The van der Waals surface area contributed by atoms with Crippen LogP contribution in [0.5, 0.6) is 0 Å². The van der Waals surface area contributed by atoms with Gasteiger partial charge in [-0.1, -0.05) is 26.7 Å². The molecule has 1 aliphatic rings. The molecule has 2 atom stereocenters. The maximum absolute atomic E-state index is 11.7. The summed E-state index contributed by atoms with van der Waals surface area (Å²) in [5.74, 6) is 0.0523. The van der Waals surface area contributed by atoms with Gasteiger partial charge in [0.15, 0.2) is 0 Å². The summed E-state index contributed by atoms with van der Waals surface area (Å²) in [6.07, 6.45) is 4.45. The minimum Gasteiger partial charge on any atom is -0.466 e. The van der Waals surface area contributed by atoms with Crippen LogP contribution in [0.1, 0.15) is 46.5 Å². The Hall–Kier alpha value is -0.570. The van der Waals surface area contributed by atoms with Crippen LogP contribution in [0.4, 0.5) is 0 Å². The number of ether oxygens (including phenoxy) is 1. The fourth-order valence-electron chi connectivity index (χ4n) is 2.29. The first-order valence-corrected chi connectivity index (χ1v) is 6.07. The highest BCUT2D eigenvalue weighted by molar-refractivity contribution is 5.73. The molecule has 0 aromatic rings. The second-order valence-corrected chi connectivity index (χ2v) is 4.57. The Morgan fingerprint density at radius 2 is 2.07 bits per heavy atom. The van der Waals surface area contributed by atoms with Gasteiger partial charge in [0.1, 0.15) is 0 Å². The Bertz CT molecular complexity index is 204. The molecule has 1 saturated carbocycles. The van der Waals surface area contributed by atoms with Crippen molar-refractivity contribution in [1.29, 1.82) is 0 Å². The second kappa shape index (κ2) is 6.11. The van der Waals surface area contributed by atoms with E-state index in [0.29, 0.717) is 18.7 Å². The largest absolute Gasteiger partial charge is 0.466 e. The van der Waals surface area contributed by atoms with E-state index in [0.717, 1.165) is 19.3 Å². The van der Waals surface area contributed by atoms with E-state index in [1.165, 1.54) is 6.42 Å². The van der Waals surface area contributed by atoms with Crippen LogP contribution in [0.15, 0.2) is 0 Å². The molecule has 0 unspecified atom stereocenters. The predicted octanol–water partition coefficient (Wildman–Crippen LogP) is 2.11.